The number of ether oxygens (including phenoxy) is 2. The van der Waals surface area contributed by atoms with Crippen LogP contribution in [0.3, 0.4) is 0 Å². The Morgan fingerprint density at radius 3 is 2.83 bits per heavy atom. The van der Waals surface area contributed by atoms with Gasteiger partial charge in [0.1, 0.15) is 0 Å². The molecule has 0 unspecified atom stereocenters. The van der Waals surface area contributed by atoms with Gasteiger partial charge >= 0.3 is 11.4 Å². The van der Waals surface area contributed by atoms with Crippen LogP contribution in [0.5, 0.6) is 11.5 Å². The highest BCUT2D eigenvalue weighted by Crippen LogP contribution is 2.37. The van der Waals surface area contributed by atoms with Gasteiger partial charge < -0.3 is 9.47 Å². The number of aromatic amines is 2. The minimum Gasteiger partial charge on any atom is -0.493 e. The Morgan fingerprint density at radius 2 is 2.21 bits per heavy atom. The molecule has 0 spiro atoms. The van der Waals surface area contributed by atoms with E-state index >= 15 is 0 Å². The normalized spacial score (nSPS) is 10.7. The van der Waals surface area contributed by atoms with Crippen LogP contribution in [0, 0.1) is 10.1 Å². The van der Waals surface area contributed by atoms with Crippen molar-refractivity contribution in [2.24, 2.45) is 5.10 Å². The third-order valence-electron chi connectivity index (χ3n) is 3.19. The smallest absolute Gasteiger partial charge is 0.342 e. The number of hydrogen-bond donors (Lipinski definition) is 3. The van der Waals surface area contributed by atoms with Gasteiger partial charge in [-0.25, -0.2) is 15.3 Å². The van der Waals surface area contributed by atoms with Crippen LogP contribution >= 0.6 is 11.8 Å². The summed E-state index contributed by atoms with van der Waals surface area (Å²) >= 11 is 0.793. The number of hydrazone groups is 1. The van der Waals surface area contributed by atoms with Crippen molar-refractivity contribution in [1.29, 1.82) is 0 Å². The fourth-order valence-electron chi connectivity index (χ4n) is 2.04. The van der Waals surface area contributed by atoms with Crippen molar-refractivity contribution in [2.45, 2.75) is 11.9 Å². The van der Waals surface area contributed by atoms with E-state index in [0.717, 1.165) is 11.8 Å². The molecule has 14 heteroatoms. The van der Waals surface area contributed by atoms with Gasteiger partial charge in [-0.15, -0.1) is 0 Å². The van der Waals surface area contributed by atoms with E-state index in [1.807, 2.05) is 10.1 Å². The second-order valence-electron chi connectivity index (χ2n) is 5.16. The van der Waals surface area contributed by atoms with E-state index in [0.29, 0.717) is 5.56 Å². The van der Waals surface area contributed by atoms with Crippen LogP contribution < -0.4 is 26.1 Å². The first-order chi connectivity index (χ1) is 13.8. The molecule has 1 aromatic heterocycles. The highest BCUT2D eigenvalue weighted by molar-refractivity contribution is 7.99. The number of carbonyl (C=O) groups is 1. The van der Waals surface area contributed by atoms with Crippen LogP contribution in [-0.2, 0) is 4.79 Å². The number of aromatic nitrogens is 3. The second kappa shape index (κ2) is 10.0. The Morgan fingerprint density at radius 1 is 1.45 bits per heavy atom. The summed E-state index contributed by atoms with van der Waals surface area (Å²) in [7, 11) is 1.34. The van der Waals surface area contributed by atoms with Gasteiger partial charge in [0.2, 0.25) is 11.7 Å². The van der Waals surface area contributed by atoms with Crippen molar-refractivity contribution in [3.63, 3.8) is 0 Å². The highest BCUT2D eigenvalue weighted by atomic mass is 32.2. The van der Waals surface area contributed by atoms with Crippen LogP contribution in [0.15, 0.2) is 31.8 Å². The van der Waals surface area contributed by atoms with E-state index in [2.05, 4.69) is 15.6 Å². The fourth-order valence-corrected chi connectivity index (χ4v) is 2.66. The molecule has 1 amide bonds. The predicted molar refractivity (Wildman–Crippen MR) is 103 cm³/mol. The van der Waals surface area contributed by atoms with Crippen LogP contribution in [0.4, 0.5) is 5.69 Å². The number of carbonyl (C=O) groups excluding carboxylic acids is 1. The third kappa shape index (κ3) is 5.90. The van der Waals surface area contributed by atoms with E-state index < -0.39 is 22.1 Å². The lowest BCUT2D eigenvalue weighted by Crippen LogP contribution is -2.26. The third-order valence-corrected chi connectivity index (χ3v) is 4.14. The molecule has 0 bridgehead atoms. The number of nitrogens with one attached hydrogen (secondary N) is 3. The van der Waals surface area contributed by atoms with Crippen LogP contribution in [0.1, 0.15) is 12.5 Å². The van der Waals surface area contributed by atoms with Gasteiger partial charge in [0, 0.05) is 11.6 Å². The van der Waals surface area contributed by atoms with Crippen LogP contribution in [0.25, 0.3) is 0 Å². The van der Waals surface area contributed by atoms with E-state index in [9.17, 15) is 24.5 Å². The van der Waals surface area contributed by atoms with Gasteiger partial charge in [0.15, 0.2) is 10.8 Å². The van der Waals surface area contributed by atoms with Gasteiger partial charge in [-0.1, -0.05) is 11.8 Å². The molecule has 2 rings (SSSR count). The average molecular weight is 424 g/mol. The predicted octanol–water partition coefficient (Wildman–Crippen LogP) is 0.0161. The lowest BCUT2D eigenvalue weighted by atomic mass is 10.2. The Balaban J connectivity index is 2.06. The molecular formula is C15H16N6O7S. The Kier molecular flexibility index (Phi) is 7.47. The molecule has 0 radical (unpaired) electrons. The highest BCUT2D eigenvalue weighted by Gasteiger charge is 2.21. The number of nitrogens with zero attached hydrogens (tertiary/aromatic N) is 3. The first-order valence-electron chi connectivity index (χ1n) is 7.98. The maximum Gasteiger partial charge on any atom is 0.342 e. The van der Waals surface area contributed by atoms with Gasteiger partial charge in [0.05, 0.1) is 30.6 Å². The molecule has 0 atom stereocenters. The topological polar surface area (TPSA) is 182 Å². The summed E-state index contributed by atoms with van der Waals surface area (Å²) in [6.45, 7) is 1.90. The summed E-state index contributed by atoms with van der Waals surface area (Å²) in [5.41, 5.74) is 0.727. The molecular weight excluding hydrogens is 408 g/mol. The second-order valence-corrected chi connectivity index (χ2v) is 6.12. The van der Waals surface area contributed by atoms with Crippen molar-refractivity contribution in [1.82, 2.24) is 20.6 Å². The molecule has 1 aromatic carbocycles. The van der Waals surface area contributed by atoms with Crippen molar-refractivity contribution < 1.29 is 19.2 Å². The quantitative estimate of drug-likeness (QED) is 0.216. The SMILES string of the molecule is CCOc1c(OC)cc(/C=N/NC(=O)CSc2n[nH]c(=O)[nH]c2=O)cc1[N+](=O)[O-]. The number of rotatable bonds is 9. The zero-order chi connectivity index (χ0) is 21.4. The van der Waals surface area contributed by atoms with Crippen LogP contribution in [0.2, 0.25) is 0 Å². The van der Waals surface area contributed by atoms with E-state index in [-0.39, 0.29) is 34.6 Å². The summed E-state index contributed by atoms with van der Waals surface area (Å²) < 4.78 is 10.4. The molecule has 154 valence electrons. The molecule has 29 heavy (non-hydrogen) atoms. The molecule has 0 saturated carbocycles. The minimum atomic E-state index is -0.756. The van der Waals surface area contributed by atoms with Gasteiger partial charge in [0.25, 0.3) is 5.56 Å². The Bertz CT molecular complexity index is 1050. The zero-order valence-corrected chi connectivity index (χ0v) is 16.1. The van der Waals surface area contributed by atoms with Gasteiger partial charge in [-0.05, 0) is 13.0 Å². The number of H-pyrrole nitrogens is 2. The molecule has 0 aliphatic carbocycles. The largest absolute Gasteiger partial charge is 0.493 e. The first kappa shape index (κ1) is 21.6. The Hall–Kier alpha value is -3.68. The van der Waals surface area contributed by atoms with E-state index in [4.69, 9.17) is 9.47 Å². The summed E-state index contributed by atoms with van der Waals surface area (Å²) in [5, 5.41) is 20.5. The number of hydrogen-bond acceptors (Lipinski definition) is 10. The molecule has 0 fully saturated rings. The maximum atomic E-state index is 11.8. The van der Waals surface area contributed by atoms with Crippen molar-refractivity contribution in [3.8, 4) is 11.5 Å². The number of thioether (sulfide) groups is 1. The first-order valence-corrected chi connectivity index (χ1v) is 8.97. The lowest BCUT2D eigenvalue weighted by Gasteiger charge is -2.10. The fraction of sp³-hybridized carbons (Fsp3) is 0.267. The molecule has 3 N–H and O–H groups in total. The standard InChI is InChI=1S/C15H16N6O7S/c1-3-28-12-9(21(25)26)4-8(5-10(12)27-2)6-16-18-11(22)7-29-14-13(23)17-15(24)20-19-14/h4-6H,3,7H2,1-2H3,(H,18,22)(H2,17,20,23,24)/b16-6+. The van der Waals surface area contributed by atoms with Crippen molar-refractivity contribution in [3.05, 3.63) is 48.6 Å². The van der Waals surface area contributed by atoms with Crippen molar-refractivity contribution >= 4 is 29.6 Å². The molecule has 0 saturated heterocycles. The van der Waals surface area contributed by atoms with Gasteiger partial charge in [-0.2, -0.15) is 10.2 Å². The van der Waals surface area contributed by atoms with Crippen LogP contribution in [-0.4, -0.2) is 51.7 Å². The van der Waals surface area contributed by atoms with E-state index in [1.54, 1.807) is 6.92 Å². The van der Waals surface area contributed by atoms with E-state index in [1.165, 1.54) is 25.5 Å². The number of nitro groups is 1. The molecule has 0 aliphatic rings. The summed E-state index contributed by atoms with van der Waals surface area (Å²) in [6.07, 6.45) is 1.19. The number of nitro benzene ring substituents is 1. The average Bonchev–Trinajstić information content (AvgIpc) is 2.68. The molecule has 13 nitrogen and oxygen atoms in total. The minimum absolute atomic E-state index is 0.00351. The van der Waals surface area contributed by atoms with Crippen molar-refractivity contribution in [2.75, 3.05) is 19.5 Å². The zero-order valence-electron chi connectivity index (χ0n) is 15.3. The maximum absolute atomic E-state index is 11.8. The number of methoxy groups -OCH3 is 1. The Labute approximate surface area is 166 Å². The lowest BCUT2D eigenvalue weighted by molar-refractivity contribution is -0.385. The molecule has 1 heterocycles. The summed E-state index contributed by atoms with van der Waals surface area (Å²) in [6, 6.07) is 2.69. The summed E-state index contributed by atoms with van der Waals surface area (Å²) in [5.74, 6) is -0.623. The number of benzene rings is 1. The monoisotopic (exact) mass is 424 g/mol. The molecule has 2 aromatic rings. The number of amides is 1. The summed E-state index contributed by atoms with van der Waals surface area (Å²) in [4.78, 5) is 46.8. The van der Waals surface area contributed by atoms with Gasteiger partial charge in [-0.3, -0.25) is 24.7 Å². The molecule has 0 aliphatic heterocycles.